The second-order valence-corrected chi connectivity index (χ2v) is 7.39. The van der Waals surface area contributed by atoms with E-state index in [9.17, 15) is 24.6 Å². The molecule has 0 radical (unpaired) electrons. The minimum absolute atomic E-state index is 0.0472. The van der Waals surface area contributed by atoms with Gasteiger partial charge < -0.3 is 5.73 Å². The van der Waals surface area contributed by atoms with Gasteiger partial charge >= 0.3 is 0 Å². The van der Waals surface area contributed by atoms with Crippen LogP contribution in [-0.2, 0) is 0 Å². The van der Waals surface area contributed by atoms with E-state index in [0.717, 1.165) is 12.1 Å². The van der Waals surface area contributed by atoms with Crippen molar-refractivity contribution in [2.75, 3.05) is 13.1 Å². The van der Waals surface area contributed by atoms with E-state index in [1.54, 1.807) is 0 Å². The Morgan fingerprint density at radius 3 is 2.43 bits per heavy atom. The SMILES string of the molecule is CC(C)N1CC=C2C(C#N)=C(N)C(C#N)(C#N)[C@H](c3ccc(F)cc3F)[C@@H]2C1. The number of fused-ring (bicyclic) bond motifs is 1. The van der Waals surface area contributed by atoms with E-state index in [-0.39, 0.29) is 22.9 Å². The highest BCUT2D eigenvalue weighted by Gasteiger charge is 2.55. The molecule has 1 aliphatic carbocycles. The van der Waals surface area contributed by atoms with E-state index < -0.39 is 28.9 Å². The molecular formula is C21H19F2N5. The van der Waals surface area contributed by atoms with Crippen molar-refractivity contribution in [3.05, 3.63) is 58.3 Å². The number of nitrogens with zero attached hydrogens (tertiary/aromatic N) is 4. The van der Waals surface area contributed by atoms with Crippen LogP contribution in [0.1, 0.15) is 25.3 Å². The zero-order valence-corrected chi connectivity index (χ0v) is 15.6. The fraction of sp³-hybridized carbons (Fsp3) is 0.381. The highest BCUT2D eigenvalue weighted by molar-refractivity contribution is 5.59. The Labute approximate surface area is 162 Å². The van der Waals surface area contributed by atoms with Crippen LogP contribution in [0.15, 0.2) is 41.1 Å². The Hall–Kier alpha value is -3.21. The molecule has 7 heteroatoms. The van der Waals surface area contributed by atoms with Crippen molar-refractivity contribution in [3.8, 4) is 18.2 Å². The third-order valence-electron chi connectivity index (χ3n) is 5.72. The molecule has 2 N–H and O–H groups in total. The number of nitriles is 3. The van der Waals surface area contributed by atoms with Gasteiger partial charge in [0.2, 0.25) is 0 Å². The number of hydrogen-bond donors (Lipinski definition) is 1. The van der Waals surface area contributed by atoms with Gasteiger partial charge in [0.15, 0.2) is 5.41 Å². The maximum Gasteiger partial charge on any atom is 0.191 e. The fourth-order valence-corrected chi connectivity index (χ4v) is 4.22. The molecule has 5 nitrogen and oxygen atoms in total. The molecule has 1 heterocycles. The molecule has 142 valence electrons. The lowest BCUT2D eigenvalue weighted by Gasteiger charge is -2.46. The number of rotatable bonds is 2. The smallest absolute Gasteiger partial charge is 0.191 e. The summed E-state index contributed by atoms with van der Waals surface area (Å²) in [6.07, 6.45) is 1.85. The Bertz CT molecular complexity index is 989. The van der Waals surface area contributed by atoms with Crippen LogP contribution < -0.4 is 5.73 Å². The van der Waals surface area contributed by atoms with Crippen molar-refractivity contribution >= 4 is 0 Å². The largest absolute Gasteiger partial charge is 0.399 e. The molecule has 0 amide bonds. The Morgan fingerprint density at radius 1 is 1.21 bits per heavy atom. The van der Waals surface area contributed by atoms with Crippen LogP contribution in [0.4, 0.5) is 8.78 Å². The maximum atomic E-state index is 14.8. The summed E-state index contributed by atoms with van der Waals surface area (Å²) in [4.78, 5) is 2.11. The summed E-state index contributed by atoms with van der Waals surface area (Å²) in [7, 11) is 0. The predicted octanol–water partition coefficient (Wildman–Crippen LogP) is 3.10. The summed E-state index contributed by atoms with van der Waals surface area (Å²) in [5.41, 5.74) is 4.83. The number of nitrogens with two attached hydrogens (primary N) is 1. The first kappa shape index (κ1) is 19.5. The van der Waals surface area contributed by atoms with Crippen LogP contribution in [-0.4, -0.2) is 24.0 Å². The van der Waals surface area contributed by atoms with E-state index >= 15 is 0 Å². The molecule has 2 atom stereocenters. The van der Waals surface area contributed by atoms with Crippen molar-refractivity contribution in [2.24, 2.45) is 17.1 Å². The van der Waals surface area contributed by atoms with Gasteiger partial charge in [0, 0.05) is 37.0 Å². The minimum atomic E-state index is -1.92. The Kier molecular flexibility index (Phi) is 4.94. The van der Waals surface area contributed by atoms with E-state index in [0.29, 0.717) is 18.7 Å². The second kappa shape index (κ2) is 7.08. The number of allylic oxidation sites excluding steroid dienone is 2. The molecule has 0 unspecified atom stereocenters. The van der Waals surface area contributed by atoms with E-state index in [4.69, 9.17) is 5.73 Å². The van der Waals surface area contributed by atoms with Crippen molar-refractivity contribution in [1.82, 2.24) is 4.90 Å². The summed E-state index contributed by atoms with van der Waals surface area (Å²) in [5.74, 6) is -3.06. The molecule has 0 bridgehead atoms. The summed E-state index contributed by atoms with van der Waals surface area (Å²) < 4.78 is 28.3. The molecule has 1 aliphatic heterocycles. The van der Waals surface area contributed by atoms with Gasteiger partial charge in [-0.2, -0.15) is 15.8 Å². The summed E-state index contributed by atoms with van der Waals surface area (Å²) in [5, 5.41) is 29.5. The van der Waals surface area contributed by atoms with Gasteiger partial charge in [-0.15, -0.1) is 0 Å². The van der Waals surface area contributed by atoms with Gasteiger partial charge in [-0.1, -0.05) is 12.1 Å². The Balaban J connectivity index is 2.33. The molecule has 1 aromatic carbocycles. The first-order chi connectivity index (χ1) is 13.3. The van der Waals surface area contributed by atoms with Crippen molar-refractivity contribution in [3.63, 3.8) is 0 Å². The lowest BCUT2D eigenvalue weighted by molar-refractivity contribution is 0.172. The predicted molar refractivity (Wildman–Crippen MR) is 97.9 cm³/mol. The molecule has 0 saturated carbocycles. The molecule has 0 fully saturated rings. The van der Waals surface area contributed by atoms with Gasteiger partial charge in [0.25, 0.3) is 0 Å². The topological polar surface area (TPSA) is 101 Å². The summed E-state index contributed by atoms with van der Waals surface area (Å²) in [6.45, 7) is 5.01. The molecule has 1 aromatic rings. The minimum Gasteiger partial charge on any atom is -0.399 e. The maximum absolute atomic E-state index is 14.8. The third-order valence-corrected chi connectivity index (χ3v) is 5.72. The Morgan fingerprint density at radius 2 is 1.89 bits per heavy atom. The molecule has 2 aliphatic rings. The van der Waals surface area contributed by atoms with Gasteiger partial charge in [0.1, 0.15) is 17.7 Å². The molecule has 0 spiro atoms. The lowest BCUT2D eigenvalue weighted by Crippen LogP contribution is -2.49. The molecule has 28 heavy (non-hydrogen) atoms. The quantitative estimate of drug-likeness (QED) is 0.851. The average molecular weight is 379 g/mol. The second-order valence-electron chi connectivity index (χ2n) is 7.39. The first-order valence-electron chi connectivity index (χ1n) is 8.93. The lowest BCUT2D eigenvalue weighted by atomic mass is 9.58. The van der Waals surface area contributed by atoms with Crippen molar-refractivity contribution in [1.29, 1.82) is 15.8 Å². The third kappa shape index (κ3) is 2.74. The number of benzene rings is 1. The van der Waals surface area contributed by atoms with Crippen molar-refractivity contribution in [2.45, 2.75) is 25.8 Å². The van der Waals surface area contributed by atoms with E-state index in [1.807, 2.05) is 38.1 Å². The van der Waals surface area contributed by atoms with Crippen LogP contribution >= 0.6 is 0 Å². The standard InChI is InChI=1S/C21H19F2N5/c1-12(2)28-6-5-14-16(8-24)20(27)21(10-25,11-26)19(17(14)9-28)15-4-3-13(22)7-18(15)23/h3-5,7,12,17,19H,6,9,27H2,1-2H3/t17-,19-/m1/s1. The average Bonchev–Trinajstić information content (AvgIpc) is 2.67. The number of halogens is 2. The van der Waals surface area contributed by atoms with Crippen molar-refractivity contribution < 1.29 is 8.78 Å². The van der Waals surface area contributed by atoms with Gasteiger partial charge in [-0.05, 0) is 31.1 Å². The van der Waals surface area contributed by atoms with Crippen LogP contribution in [0.2, 0.25) is 0 Å². The first-order valence-corrected chi connectivity index (χ1v) is 8.93. The van der Waals surface area contributed by atoms with Crippen LogP contribution in [0, 0.1) is 57.0 Å². The molecule has 0 aromatic heterocycles. The van der Waals surface area contributed by atoms with Crippen LogP contribution in [0.5, 0.6) is 0 Å². The zero-order chi connectivity index (χ0) is 20.6. The monoisotopic (exact) mass is 379 g/mol. The fourth-order valence-electron chi connectivity index (χ4n) is 4.22. The highest BCUT2D eigenvalue weighted by atomic mass is 19.1. The number of hydrogen-bond acceptors (Lipinski definition) is 5. The molecular weight excluding hydrogens is 360 g/mol. The van der Waals surface area contributed by atoms with Crippen LogP contribution in [0.3, 0.4) is 0 Å². The van der Waals surface area contributed by atoms with Gasteiger partial charge in [-0.3, -0.25) is 4.90 Å². The van der Waals surface area contributed by atoms with Gasteiger partial charge in [-0.25, -0.2) is 8.78 Å². The van der Waals surface area contributed by atoms with Gasteiger partial charge in [0.05, 0.1) is 23.4 Å². The molecule has 3 rings (SSSR count). The van der Waals surface area contributed by atoms with E-state index in [1.165, 1.54) is 6.07 Å². The van der Waals surface area contributed by atoms with E-state index in [2.05, 4.69) is 4.90 Å². The van der Waals surface area contributed by atoms with Crippen LogP contribution in [0.25, 0.3) is 0 Å². The normalized spacial score (nSPS) is 24.0. The zero-order valence-electron chi connectivity index (χ0n) is 15.6. The highest BCUT2D eigenvalue weighted by Crippen LogP contribution is 2.54. The summed E-state index contributed by atoms with van der Waals surface area (Å²) in [6, 6.07) is 9.19. The summed E-state index contributed by atoms with van der Waals surface area (Å²) >= 11 is 0. The molecule has 0 saturated heterocycles.